The molecule has 3 aliphatic rings. The number of amides is 1. The van der Waals surface area contributed by atoms with Crippen LogP contribution in [0.3, 0.4) is 0 Å². The fourth-order valence-corrected chi connectivity index (χ4v) is 4.11. The maximum atomic E-state index is 12.6. The summed E-state index contributed by atoms with van der Waals surface area (Å²) in [5.74, 6) is 0.711. The largest absolute Gasteiger partial charge is 0.478 e. The normalized spacial score (nSPS) is 30.0. The summed E-state index contributed by atoms with van der Waals surface area (Å²) < 4.78 is 0. The van der Waals surface area contributed by atoms with Crippen LogP contribution >= 0.6 is 0 Å². The summed E-state index contributed by atoms with van der Waals surface area (Å²) in [6.07, 6.45) is 4.48. The molecule has 2 fully saturated rings. The van der Waals surface area contributed by atoms with Gasteiger partial charge >= 0.3 is 5.97 Å². The fraction of sp³-hybridized carbons (Fsp3) is 0.500. The number of rotatable bonds is 2. The van der Waals surface area contributed by atoms with E-state index in [9.17, 15) is 9.59 Å². The highest BCUT2D eigenvalue weighted by atomic mass is 16.4. The van der Waals surface area contributed by atoms with Gasteiger partial charge in [0.15, 0.2) is 0 Å². The van der Waals surface area contributed by atoms with Crippen molar-refractivity contribution in [3.63, 3.8) is 0 Å². The molecule has 1 aromatic rings. The lowest BCUT2D eigenvalue weighted by atomic mass is 10.1. The summed E-state index contributed by atoms with van der Waals surface area (Å²) >= 11 is 0. The second-order valence-electron chi connectivity index (χ2n) is 6.17. The van der Waals surface area contributed by atoms with Crippen molar-refractivity contribution in [2.45, 2.75) is 25.7 Å². The van der Waals surface area contributed by atoms with Gasteiger partial charge in [0, 0.05) is 18.2 Å². The van der Waals surface area contributed by atoms with E-state index in [0.29, 0.717) is 18.4 Å². The van der Waals surface area contributed by atoms with E-state index < -0.39 is 5.97 Å². The minimum atomic E-state index is -0.935. The average molecular weight is 271 g/mol. The molecule has 4 nitrogen and oxygen atoms in total. The predicted molar refractivity (Wildman–Crippen MR) is 73.8 cm³/mol. The third-order valence-electron chi connectivity index (χ3n) is 5.19. The number of anilines is 1. The van der Waals surface area contributed by atoms with Gasteiger partial charge in [0.25, 0.3) is 0 Å². The first-order chi connectivity index (χ1) is 9.66. The summed E-state index contributed by atoms with van der Waals surface area (Å²) in [5.41, 5.74) is 2.17. The molecule has 0 saturated heterocycles. The molecule has 0 radical (unpaired) electrons. The van der Waals surface area contributed by atoms with Crippen molar-refractivity contribution in [1.82, 2.24) is 0 Å². The molecule has 2 aliphatic carbocycles. The van der Waals surface area contributed by atoms with Crippen LogP contribution < -0.4 is 4.90 Å². The molecule has 4 rings (SSSR count). The Bertz CT molecular complexity index is 600. The second kappa shape index (κ2) is 4.08. The van der Waals surface area contributed by atoms with Crippen LogP contribution in [0.4, 0.5) is 5.69 Å². The zero-order valence-corrected chi connectivity index (χ0v) is 11.2. The number of aromatic carboxylic acids is 1. The summed E-state index contributed by atoms with van der Waals surface area (Å²) in [7, 11) is 0. The molecule has 104 valence electrons. The van der Waals surface area contributed by atoms with E-state index >= 15 is 0 Å². The Balaban J connectivity index is 1.62. The number of carbonyl (C=O) groups is 2. The van der Waals surface area contributed by atoms with Crippen LogP contribution in [0.1, 0.15) is 35.2 Å². The van der Waals surface area contributed by atoms with Crippen LogP contribution in [-0.4, -0.2) is 23.5 Å². The lowest BCUT2D eigenvalue weighted by Gasteiger charge is -2.18. The van der Waals surface area contributed by atoms with E-state index in [2.05, 4.69) is 0 Å². The zero-order valence-electron chi connectivity index (χ0n) is 11.2. The van der Waals surface area contributed by atoms with Gasteiger partial charge in [-0.2, -0.15) is 0 Å². The molecule has 1 aromatic carbocycles. The summed E-state index contributed by atoms with van der Waals surface area (Å²) in [6.45, 7) is 0.702. The van der Waals surface area contributed by atoms with Crippen LogP contribution in [-0.2, 0) is 11.2 Å². The Morgan fingerprint density at radius 3 is 2.65 bits per heavy atom. The van der Waals surface area contributed by atoms with E-state index in [4.69, 9.17) is 5.11 Å². The first kappa shape index (κ1) is 11.9. The van der Waals surface area contributed by atoms with Crippen LogP contribution in [0.2, 0.25) is 0 Å². The van der Waals surface area contributed by atoms with Gasteiger partial charge in [-0.15, -0.1) is 0 Å². The Kier molecular flexibility index (Phi) is 2.43. The molecule has 2 saturated carbocycles. The first-order valence-corrected chi connectivity index (χ1v) is 7.34. The Hall–Kier alpha value is -1.84. The molecule has 20 heavy (non-hydrogen) atoms. The van der Waals surface area contributed by atoms with Crippen molar-refractivity contribution in [3.05, 3.63) is 29.3 Å². The molecule has 4 heteroatoms. The molecule has 0 aromatic heterocycles. The van der Waals surface area contributed by atoms with Crippen molar-refractivity contribution in [2.24, 2.45) is 17.8 Å². The number of carbonyl (C=O) groups excluding carboxylic acids is 1. The third kappa shape index (κ3) is 1.60. The van der Waals surface area contributed by atoms with E-state index in [1.807, 2.05) is 11.0 Å². The second-order valence-corrected chi connectivity index (χ2v) is 6.17. The third-order valence-corrected chi connectivity index (χ3v) is 5.19. The number of fused-ring (bicyclic) bond motifs is 2. The Morgan fingerprint density at radius 1 is 1.20 bits per heavy atom. The lowest BCUT2D eigenvalue weighted by molar-refractivity contribution is -0.120. The van der Waals surface area contributed by atoms with Crippen LogP contribution in [0.15, 0.2) is 18.2 Å². The van der Waals surface area contributed by atoms with Crippen LogP contribution in [0.5, 0.6) is 0 Å². The molecule has 1 aliphatic heterocycles. The first-order valence-electron chi connectivity index (χ1n) is 7.34. The van der Waals surface area contributed by atoms with Gasteiger partial charge in [-0.25, -0.2) is 4.79 Å². The van der Waals surface area contributed by atoms with Gasteiger partial charge in [0.05, 0.1) is 5.56 Å². The fourth-order valence-electron chi connectivity index (χ4n) is 4.11. The summed E-state index contributed by atoms with van der Waals surface area (Å²) in [5, 5.41) is 9.09. The number of benzene rings is 1. The van der Waals surface area contributed by atoms with Crippen molar-refractivity contribution >= 4 is 17.6 Å². The minimum Gasteiger partial charge on any atom is -0.478 e. The average Bonchev–Trinajstić information content (AvgIpc) is 2.82. The number of carboxylic acids is 1. The number of hydrogen-bond acceptors (Lipinski definition) is 2. The van der Waals surface area contributed by atoms with E-state index in [-0.39, 0.29) is 17.4 Å². The van der Waals surface area contributed by atoms with Gasteiger partial charge in [-0.1, -0.05) is 12.5 Å². The highest BCUT2D eigenvalue weighted by Gasteiger charge is 2.57. The predicted octanol–water partition coefficient (Wildman–Crippen LogP) is 2.32. The maximum absolute atomic E-state index is 12.6. The van der Waals surface area contributed by atoms with Crippen LogP contribution in [0.25, 0.3) is 0 Å². The Morgan fingerprint density at radius 2 is 1.95 bits per heavy atom. The summed E-state index contributed by atoms with van der Waals surface area (Å²) in [4.78, 5) is 25.5. The highest BCUT2D eigenvalue weighted by molar-refractivity contribution is 6.00. The Labute approximate surface area is 117 Å². The van der Waals surface area contributed by atoms with Gasteiger partial charge in [0.1, 0.15) is 0 Å². The smallest absolute Gasteiger partial charge is 0.335 e. The van der Waals surface area contributed by atoms with Gasteiger partial charge in [-0.3, -0.25) is 4.79 Å². The minimum absolute atomic E-state index is 0.211. The molecule has 1 N–H and O–H groups in total. The van der Waals surface area contributed by atoms with Crippen molar-refractivity contribution in [3.8, 4) is 0 Å². The molecular weight excluding hydrogens is 254 g/mol. The molecule has 1 amide bonds. The SMILES string of the molecule is O=C(O)c1ccc2c(c1)N(C(=O)C1C3CCCC31)CC2. The molecule has 0 spiro atoms. The van der Waals surface area contributed by atoms with Crippen molar-refractivity contribution in [2.75, 3.05) is 11.4 Å². The maximum Gasteiger partial charge on any atom is 0.335 e. The molecular formula is C16H17NO3. The standard InChI is InChI=1S/C16H17NO3/c18-15(14-11-2-1-3-12(11)14)17-7-6-9-4-5-10(16(19)20)8-13(9)17/h4-5,8,11-12,14H,1-3,6-7H2,(H,19,20). The van der Waals surface area contributed by atoms with E-state index in [1.54, 1.807) is 12.1 Å². The van der Waals surface area contributed by atoms with Gasteiger partial charge < -0.3 is 10.0 Å². The molecule has 1 heterocycles. The molecule has 0 bridgehead atoms. The number of carboxylic acid groups (broad SMARTS) is 1. The van der Waals surface area contributed by atoms with Crippen molar-refractivity contribution in [1.29, 1.82) is 0 Å². The van der Waals surface area contributed by atoms with E-state index in [1.165, 1.54) is 19.3 Å². The molecule has 2 atom stereocenters. The number of nitrogens with zero attached hydrogens (tertiary/aromatic N) is 1. The highest BCUT2D eigenvalue weighted by Crippen LogP contribution is 2.58. The van der Waals surface area contributed by atoms with Crippen LogP contribution in [0, 0.1) is 17.8 Å². The molecule has 2 unspecified atom stereocenters. The van der Waals surface area contributed by atoms with Gasteiger partial charge in [-0.05, 0) is 48.8 Å². The topological polar surface area (TPSA) is 57.6 Å². The monoisotopic (exact) mass is 271 g/mol. The number of hydrogen-bond donors (Lipinski definition) is 1. The van der Waals surface area contributed by atoms with E-state index in [0.717, 1.165) is 17.7 Å². The lowest BCUT2D eigenvalue weighted by Crippen LogP contribution is -2.31. The summed E-state index contributed by atoms with van der Waals surface area (Å²) in [6, 6.07) is 5.13. The zero-order chi connectivity index (χ0) is 13.9. The van der Waals surface area contributed by atoms with Gasteiger partial charge in [0.2, 0.25) is 5.91 Å². The quantitative estimate of drug-likeness (QED) is 0.898. The van der Waals surface area contributed by atoms with Crippen molar-refractivity contribution < 1.29 is 14.7 Å².